The molecule has 0 radical (unpaired) electrons. The highest BCUT2D eigenvalue weighted by atomic mass is 32.1. The molecule has 4 nitrogen and oxygen atoms in total. The summed E-state index contributed by atoms with van der Waals surface area (Å²) in [4.78, 5) is 13.0. The molecule has 0 aliphatic rings. The van der Waals surface area contributed by atoms with Crippen LogP contribution in [0.3, 0.4) is 0 Å². The second kappa shape index (κ2) is 5.48. The number of nitrogens with one attached hydrogen (secondary N) is 1. The number of aryl methyl sites for hydroxylation is 1. The van der Waals surface area contributed by atoms with Gasteiger partial charge in [-0.05, 0) is 38.5 Å². The highest BCUT2D eigenvalue weighted by molar-refractivity contribution is 7.80. The van der Waals surface area contributed by atoms with E-state index in [-0.39, 0.29) is 11.9 Å². The highest BCUT2D eigenvalue weighted by Gasteiger charge is 2.11. The lowest BCUT2D eigenvalue weighted by Crippen LogP contribution is -2.13. The van der Waals surface area contributed by atoms with E-state index in [2.05, 4.69) is 23.0 Å². The Labute approximate surface area is 118 Å². The van der Waals surface area contributed by atoms with Crippen molar-refractivity contribution in [3.05, 3.63) is 41.7 Å². The molecule has 0 atom stereocenters. The van der Waals surface area contributed by atoms with E-state index in [4.69, 9.17) is 0 Å². The van der Waals surface area contributed by atoms with Crippen LogP contribution in [0.5, 0.6) is 0 Å². The monoisotopic (exact) mass is 275 g/mol. The van der Waals surface area contributed by atoms with Crippen LogP contribution in [0.2, 0.25) is 0 Å². The average Bonchev–Trinajstić information content (AvgIpc) is 2.80. The van der Waals surface area contributed by atoms with Crippen LogP contribution in [0.15, 0.2) is 35.5 Å². The Bertz CT molecular complexity index is 604. The smallest absolute Gasteiger partial charge is 0.256 e. The van der Waals surface area contributed by atoms with Gasteiger partial charge < -0.3 is 5.32 Å². The molecule has 1 N–H and O–H groups in total. The predicted octanol–water partition coefficient (Wildman–Crippen LogP) is 3.31. The molecule has 1 aromatic carbocycles. The number of hydrogen-bond donors (Lipinski definition) is 2. The van der Waals surface area contributed by atoms with Gasteiger partial charge in [-0.2, -0.15) is 5.10 Å². The fourth-order valence-corrected chi connectivity index (χ4v) is 1.94. The Hall–Kier alpha value is -1.75. The Morgan fingerprint density at radius 2 is 2.16 bits per heavy atom. The van der Waals surface area contributed by atoms with Gasteiger partial charge in [-0.15, -0.1) is 12.6 Å². The minimum atomic E-state index is -0.142. The molecule has 0 unspecified atom stereocenters. The number of benzene rings is 1. The first-order valence-corrected chi connectivity index (χ1v) is 6.57. The number of anilines is 1. The number of amides is 1. The standard InChI is InChI=1S/C14H17N3OS/c1-9(2)17-8-11(7-15-17)16-14(18)13-6-12(19)5-4-10(13)3/h4-9,19H,1-3H3,(H,16,18). The number of nitrogens with zero attached hydrogens (tertiary/aromatic N) is 2. The van der Waals surface area contributed by atoms with Gasteiger partial charge in [0.05, 0.1) is 11.9 Å². The third-order valence-electron chi connectivity index (χ3n) is 2.85. The Kier molecular flexibility index (Phi) is 3.95. The average molecular weight is 275 g/mol. The van der Waals surface area contributed by atoms with Crippen molar-refractivity contribution >= 4 is 24.2 Å². The molecular formula is C14H17N3OS. The van der Waals surface area contributed by atoms with Gasteiger partial charge in [-0.1, -0.05) is 6.07 Å². The molecule has 1 heterocycles. The van der Waals surface area contributed by atoms with E-state index in [1.807, 2.05) is 39.1 Å². The number of thiol groups is 1. The Morgan fingerprint density at radius 1 is 1.42 bits per heavy atom. The molecule has 1 aromatic heterocycles. The number of rotatable bonds is 3. The van der Waals surface area contributed by atoms with E-state index in [1.54, 1.807) is 16.9 Å². The van der Waals surface area contributed by atoms with E-state index < -0.39 is 0 Å². The van der Waals surface area contributed by atoms with E-state index in [9.17, 15) is 4.79 Å². The minimum absolute atomic E-state index is 0.142. The predicted molar refractivity (Wildman–Crippen MR) is 79.0 cm³/mol. The summed E-state index contributed by atoms with van der Waals surface area (Å²) in [6, 6.07) is 5.79. The van der Waals surface area contributed by atoms with Crippen molar-refractivity contribution in [2.75, 3.05) is 5.32 Å². The van der Waals surface area contributed by atoms with Crippen molar-refractivity contribution in [1.29, 1.82) is 0 Å². The molecule has 0 saturated heterocycles. The molecule has 0 aliphatic heterocycles. The van der Waals surface area contributed by atoms with Gasteiger partial charge in [0.2, 0.25) is 0 Å². The third kappa shape index (κ3) is 3.17. The van der Waals surface area contributed by atoms with E-state index in [1.165, 1.54) is 0 Å². The Morgan fingerprint density at radius 3 is 2.79 bits per heavy atom. The van der Waals surface area contributed by atoms with Crippen molar-refractivity contribution in [2.45, 2.75) is 31.7 Å². The number of hydrogen-bond acceptors (Lipinski definition) is 3. The fourth-order valence-electron chi connectivity index (χ4n) is 1.74. The van der Waals surface area contributed by atoms with E-state index in [0.29, 0.717) is 11.3 Å². The lowest BCUT2D eigenvalue weighted by molar-refractivity contribution is 0.102. The molecule has 0 bridgehead atoms. The zero-order valence-electron chi connectivity index (χ0n) is 11.2. The van der Waals surface area contributed by atoms with Crippen molar-refractivity contribution in [2.24, 2.45) is 0 Å². The van der Waals surface area contributed by atoms with Crippen LogP contribution in [-0.2, 0) is 0 Å². The first-order chi connectivity index (χ1) is 8.97. The topological polar surface area (TPSA) is 46.9 Å². The summed E-state index contributed by atoms with van der Waals surface area (Å²) in [6.45, 7) is 5.97. The highest BCUT2D eigenvalue weighted by Crippen LogP contribution is 2.16. The number of aromatic nitrogens is 2. The summed E-state index contributed by atoms with van der Waals surface area (Å²) in [6.07, 6.45) is 3.47. The molecule has 0 saturated carbocycles. The van der Waals surface area contributed by atoms with Gasteiger partial charge in [0.15, 0.2) is 0 Å². The minimum Gasteiger partial charge on any atom is -0.319 e. The van der Waals surface area contributed by atoms with Gasteiger partial charge >= 0.3 is 0 Å². The van der Waals surface area contributed by atoms with E-state index in [0.717, 1.165) is 10.5 Å². The summed E-state index contributed by atoms with van der Waals surface area (Å²) in [5.74, 6) is -0.142. The summed E-state index contributed by atoms with van der Waals surface area (Å²) in [7, 11) is 0. The summed E-state index contributed by atoms with van der Waals surface area (Å²) < 4.78 is 1.80. The molecule has 0 spiro atoms. The number of carbonyl (C=O) groups is 1. The maximum Gasteiger partial charge on any atom is 0.256 e. The Balaban J connectivity index is 2.18. The van der Waals surface area contributed by atoms with Crippen LogP contribution in [0.4, 0.5) is 5.69 Å². The van der Waals surface area contributed by atoms with Crippen LogP contribution in [0.25, 0.3) is 0 Å². The maximum absolute atomic E-state index is 12.2. The lowest BCUT2D eigenvalue weighted by Gasteiger charge is -2.07. The molecular weight excluding hydrogens is 258 g/mol. The molecule has 2 aromatic rings. The summed E-state index contributed by atoms with van der Waals surface area (Å²) in [5.41, 5.74) is 2.25. The second-order valence-corrected chi connectivity index (χ2v) is 5.27. The summed E-state index contributed by atoms with van der Waals surface area (Å²) >= 11 is 4.26. The van der Waals surface area contributed by atoms with E-state index >= 15 is 0 Å². The molecule has 0 aliphatic carbocycles. The van der Waals surface area contributed by atoms with Crippen molar-refractivity contribution < 1.29 is 4.79 Å². The normalized spacial score (nSPS) is 10.8. The van der Waals surface area contributed by atoms with Crippen LogP contribution in [0, 0.1) is 6.92 Å². The van der Waals surface area contributed by atoms with Gasteiger partial charge in [0.1, 0.15) is 0 Å². The zero-order valence-corrected chi connectivity index (χ0v) is 12.1. The zero-order chi connectivity index (χ0) is 14.0. The molecule has 19 heavy (non-hydrogen) atoms. The molecule has 2 rings (SSSR count). The van der Waals surface area contributed by atoms with Crippen LogP contribution >= 0.6 is 12.6 Å². The third-order valence-corrected chi connectivity index (χ3v) is 3.13. The van der Waals surface area contributed by atoms with Gasteiger partial charge in [0.25, 0.3) is 5.91 Å². The second-order valence-electron chi connectivity index (χ2n) is 4.76. The molecule has 0 fully saturated rings. The quantitative estimate of drug-likeness (QED) is 0.844. The van der Waals surface area contributed by atoms with Crippen molar-refractivity contribution in [3.63, 3.8) is 0 Å². The largest absolute Gasteiger partial charge is 0.319 e. The maximum atomic E-state index is 12.2. The fraction of sp³-hybridized carbons (Fsp3) is 0.286. The van der Waals surface area contributed by atoms with Gasteiger partial charge in [-0.25, -0.2) is 0 Å². The van der Waals surface area contributed by atoms with Crippen LogP contribution in [0.1, 0.15) is 35.8 Å². The van der Waals surface area contributed by atoms with Gasteiger partial charge in [0, 0.05) is 22.7 Å². The lowest BCUT2D eigenvalue weighted by atomic mass is 10.1. The van der Waals surface area contributed by atoms with Gasteiger partial charge in [-0.3, -0.25) is 9.48 Å². The van der Waals surface area contributed by atoms with Crippen LogP contribution in [-0.4, -0.2) is 15.7 Å². The molecule has 5 heteroatoms. The number of carbonyl (C=O) groups excluding carboxylic acids is 1. The van der Waals surface area contributed by atoms with Crippen LogP contribution < -0.4 is 5.32 Å². The van der Waals surface area contributed by atoms with Crippen molar-refractivity contribution in [3.8, 4) is 0 Å². The van der Waals surface area contributed by atoms with Crippen molar-refractivity contribution in [1.82, 2.24) is 9.78 Å². The SMILES string of the molecule is Cc1ccc(S)cc1C(=O)Nc1cnn(C(C)C)c1. The molecule has 1 amide bonds. The first kappa shape index (κ1) is 13.7. The molecule has 100 valence electrons. The first-order valence-electron chi connectivity index (χ1n) is 6.12. The summed E-state index contributed by atoms with van der Waals surface area (Å²) in [5, 5.41) is 7.03.